The molecular weight excluding hydrogens is 369 g/mol. The van der Waals surface area contributed by atoms with Gasteiger partial charge in [0.25, 0.3) is 0 Å². The second-order valence-corrected chi connectivity index (χ2v) is 8.91. The zero-order chi connectivity index (χ0) is 19.2. The molecule has 2 aliphatic heterocycles. The van der Waals surface area contributed by atoms with Gasteiger partial charge in [0.2, 0.25) is 15.9 Å². The Morgan fingerprint density at radius 3 is 2.81 bits per heavy atom. The standard InChI is InChI=1S/C19H20FN3O3S/c1-12-6-7-16(20)15-11-17(22-18(12)15)19(24)21-13-4-2-5-14(10-13)23-8-3-9-27(23,25)26/h2,4-7,10,17,22H,3,8-9,11H2,1H3,(H,21,24). The van der Waals surface area contributed by atoms with E-state index in [1.54, 1.807) is 30.3 Å². The van der Waals surface area contributed by atoms with Crippen LogP contribution in [0.25, 0.3) is 0 Å². The molecule has 1 unspecified atom stereocenters. The van der Waals surface area contributed by atoms with Crippen LogP contribution in [0.4, 0.5) is 21.5 Å². The number of aryl methyl sites for hydroxylation is 1. The van der Waals surface area contributed by atoms with Crippen LogP contribution in [0, 0.1) is 12.7 Å². The number of carbonyl (C=O) groups is 1. The van der Waals surface area contributed by atoms with E-state index in [1.807, 2.05) is 6.92 Å². The molecule has 1 atom stereocenters. The van der Waals surface area contributed by atoms with Crippen molar-refractivity contribution in [3.8, 4) is 0 Å². The molecule has 142 valence electrons. The number of hydrogen-bond donors (Lipinski definition) is 2. The molecule has 0 radical (unpaired) electrons. The van der Waals surface area contributed by atoms with Crippen molar-refractivity contribution in [2.24, 2.45) is 0 Å². The predicted molar refractivity (Wildman–Crippen MR) is 103 cm³/mol. The number of rotatable bonds is 3. The van der Waals surface area contributed by atoms with E-state index < -0.39 is 16.1 Å². The number of anilines is 3. The third-order valence-corrected chi connectivity index (χ3v) is 6.88. The van der Waals surface area contributed by atoms with E-state index in [1.165, 1.54) is 10.4 Å². The minimum atomic E-state index is -3.28. The molecule has 27 heavy (non-hydrogen) atoms. The Bertz CT molecular complexity index is 992. The Morgan fingerprint density at radius 1 is 1.30 bits per heavy atom. The van der Waals surface area contributed by atoms with Crippen molar-refractivity contribution >= 4 is 33.0 Å². The summed E-state index contributed by atoms with van der Waals surface area (Å²) in [4.78, 5) is 12.6. The third kappa shape index (κ3) is 3.25. The van der Waals surface area contributed by atoms with E-state index in [2.05, 4.69) is 10.6 Å². The van der Waals surface area contributed by atoms with Crippen molar-refractivity contribution in [1.82, 2.24) is 0 Å². The van der Waals surface area contributed by atoms with Crippen LogP contribution in [-0.2, 0) is 21.2 Å². The number of halogens is 1. The van der Waals surface area contributed by atoms with Gasteiger partial charge in [0, 0.05) is 29.9 Å². The molecule has 2 aromatic rings. The van der Waals surface area contributed by atoms with Gasteiger partial charge in [-0.1, -0.05) is 12.1 Å². The van der Waals surface area contributed by atoms with Gasteiger partial charge in [0.15, 0.2) is 0 Å². The number of hydrogen-bond acceptors (Lipinski definition) is 4. The van der Waals surface area contributed by atoms with Crippen molar-refractivity contribution < 1.29 is 17.6 Å². The van der Waals surface area contributed by atoms with E-state index in [9.17, 15) is 17.6 Å². The van der Waals surface area contributed by atoms with Crippen molar-refractivity contribution in [3.05, 3.63) is 53.3 Å². The molecule has 2 aliphatic rings. The molecule has 1 saturated heterocycles. The topological polar surface area (TPSA) is 78.5 Å². The third-order valence-electron chi connectivity index (χ3n) is 5.01. The Kier molecular flexibility index (Phi) is 4.30. The highest BCUT2D eigenvalue weighted by Crippen LogP contribution is 2.32. The quantitative estimate of drug-likeness (QED) is 0.846. The van der Waals surface area contributed by atoms with Crippen LogP contribution in [0.3, 0.4) is 0 Å². The molecule has 0 aliphatic carbocycles. The molecule has 4 rings (SSSR count). The first kappa shape index (κ1) is 17.8. The summed E-state index contributed by atoms with van der Waals surface area (Å²) in [7, 11) is -3.28. The summed E-state index contributed by atoms with van der Waals surface area (Å²) < 4.78 is 39.5. The zero-order valence-corrected chi connectivity index (χ0v) is 15.6. The van der Waals surface area contributed by atoms with Gasteiger partial charge in [0.05, 0.1) is 11.4 Å². The van der Waals surface area contributed by atoms with Gasteiger partial charge in [-0.3, -0.25) is 9.10 Å². The van der Waals surface area contributed by atoms with Crippen molar-refractivity contribution in [3.63, 3.8) is 0 Å². The van der Waals surface area contributed by atoms with Gasteiger partial charge in [-0.25, -0.2) is 12.8 Å². The molecule has 2 heterocycles. The average molecular weight is 389 g/mol. The first-order valence-electron chi connectivity index (χ1n) is 8.81. The fourth-order valence-electron chi connectivity index (χ4n) is 3.63. The number of nitrogens with one attached hydrogen (secondary N) is 2. The number of nitrogens with zero attached hydrogens (tertiary/aromatic N) is 1. The molecule has 0 saturated carbocycles. The van der Waals surface area contributed by atoms with E-state index in [0.717, 1.165) is 5.56 Å². The molecule has 6 nitrogen and oxygen atoms in total. The lowest BCUT2D eigenvalue weighted by molar-refractivity contribution is -0.116. The van der Waals surface area contributed by atoms with Crippen molar-refractivity contribution in [1.29, 1.82) is 0 Å². The molecule has 0 spiro atoms. The van der Waals surface area contributed by atoms with Gasteiger partial charge >= 0.3 is 0 Å². The highest BCUT2D eigenvalue weighted by molar-refractivity contribution is 7.93. The fraction of sp³-hybridized carbons (Fsp3) is 0.316. The Labute approximate surface area is 157 Å². The second-order valence-electron chi connectivity index (χ2n) is 6.90. The number of amides is 1. The van der Waals surface area contributed by atoms with Crippen LogP contribution in [0.15, 0.2) is 36.4 Å². The Balaban J connectivity index is 1.51. The summed E-state index contributed by atoms with van der Waals surface area (Å²) in [5.41, 5.74) is 3.13. The Hall–Kier alpha value is -2.61. The normalized spacial score (nSPS) is 20.2. The van der Waals surface area contributed by atoms with Crippen LogP contribution < -0.4 is 14.9 Å². The second kappa shape index (κ2) is 6.53. The van der Waals surface area contributed by atoms with Crippen LogP contribution in [0.5, 0.6) is 0 Å². The molecule has 2 aromatic carbocycles. The number of sulfonamides is 1. The average Bonchev–Trinajstić information content (AvgIpc) is 3.23. The van der Waals surface area contributed by atoms with E-state index >= 15 is 0 Å². The predicted octanol–water partition coefficient (Wildman–Crippen LogP) is 2.65. The van der Waals surface area contributed by atoms with E-state index in [4.69, 9.17) is 0 Å². The SMILES string of the molecule is Cc1ccc(F)c2c1NC(C(=O)Nc1cccc(N3CCCS3(=O)=O)c1)C2. The van der Waals surface area contributed by atoms with Gasteiger partial charge in [-0.2, -0.15) is 0 Å². The maximum Gasteiger partial charge on any atom is 0.247 e. The largest absolute Gasteiger partial charge is 0.373 e. The summed E-state index contributed by atoms with van der Waals surface area (Å²) in [6, 6.07) is 9.29. The van der Waals surface area contributed by atoms with Gasteiger partial charge in [-0.15, -0.1) is 0 Å². The number of fused-ring (bicyclic) bond motifs is 1. The lowest BCUT2D eigenvalue weighted by Gasteiger charge is -2.18. The van der Waals surface area contributed by atoms with Crippen LogP contribution in [0.2, 0.25) is 0 Å². The van der Waals surface area contributed by atoms with Gasteiger partial charge in [-0.05, 0) is 43.2 Å². The lowest BCUT2D eigenvalue weighted by Crippen LogP contribution is -2.33. The molecule has 8 heteroatoms. The molecule has 1 fully saturated rings. The van der Waals surface area contributed by atoms with Crippen LogP contribution in [0.1, 0.15) is 17.5 Å². The Morgan fingerprint density at radius 2 is 2.11 bits per heavy atom. The number of benzene rings is 2. The molecule has 0 bridgehead atoms. The van der Waals surface area contributed by atoms with E-state index in [0.29, 0.717) is 35.6 Å². The summed E-state index contributed by atoms with van der Waals surface area (Å²) in [5, 5.41) is 5.89. The van der Waals surface area contributed by atoms with Crippen molar-refractivity contribution in [2.45, 2.75) is 25.8 Å². The molecular formula is C19H20FN3O3S. The summed E-state index contributed by atoms with van der Waals surface area (Å²) in [6.45, 7) is 2.31. The minimum absolute atomic E-state index is 0.138. The fourth-order valence-corrected chi connectivity index (χ4v) is 5.18. The van der Waals surface area contributed by atoms with E-state index in [-0.39, 0.29) is 23.9 Å². The zero-order valence-electron chi connectivity index (χ0n) is 14.8. The summed E-state index contributed by atoms with van der Waals surface area (Å²) >= 11 is 0. The first-order valence-corrected chi connectivity index (χ1v) is 10.4. The van der Waals surface area contributed by atoms with Crippen LogP contribution in [-0.4, -0.2) is 32.7 Å². The number of carbonyl (C=O) groups excluding carboxylic acids is 1. The molecule has 0 aromatic heterocycles. The maximum atomic E-state index is 14.0. The monoisotopic (exact) mass is 389 g/mol. The molecule has 1 amide bonds. The van der Waals surface area contributed by atoms with Gasteiger partial charge < -0.3 is 10.6 Å². The van der Waals surface area contributed by atoms with Crippen LogP contribution >= 0.6 is 0 Å². The molecule has 2 N–H and O–H groups in total. The maximum absolute atomic E-state index is 14.0. The lowest BCUT2D eigenvalue weighted by atomic mass is 10.1. The highest BCUT2D eigenvalue weighted by Gasteiger charge is 2.31. The highest BCUT2D eigenvalue weighted by atomic mass is 32.2. The van der Waals surface area contributed by atoms with Crippen molar-refractivity contribution in [2.75, 3.05) is 27.2 Å². The minimum Gasteiger partial charge on any atom is -0.373 e. The summed E-state index contributed by atoms with van der Waals surface area (Å²) in [5.74, 6) is -0.468. The summed E-state index contributed by atoms with van der Waals surface area (Å²) in [6.07, 6.45) is 0.864. The van der Waals surface area contributed by atoms with Gasteiger partial charge in [0.1, 0.15) is 11.9 Å². The smallest absolute Gasteiger partial charge is 0.247 e. The first-order chi connectivity index (χ1) is 12.8.